The van der Waals surface area contributed by atoms with Gasteiger partial charge in [0.15, 0.2) is 10.8 Å². The average molecular weight is 526 g/mol. The van der Waals surface area contributed by atoms with Gasteiger partial charge in [-0.2, -0.15) is 0 Å². The maximum Gasteiger partial charge on any atom is 0.350 e. The number of carbonyl (C=O) groups is 4. The maximum atomic E-state index is 13.1. The first kappa shape index (κ1) is 26.5. The molecule has 12 nitrogen and oxygen atoms in total. The summed E-state index contributed by atoms with van der Waals surface area (Å²) in [5.74, 6) is -2.73. The van der Waals surface area contributed by atoms with E-state index in [-0.39, 0.29) is 28.8 Å². The standard InChI is InChI=1S/C21H27N5O7S2/c1-6-21(18(30)31)8-26-15(28)13(16(26)35-9-21)24-14(27)12(11-7-34-19(22)23-11)25-33-10(2)17(29)32-20(3,4)5/h6-7,10,13,16H,1,8-9H2,2-5H3,(H2,22,23)(H,24,27)(H,30,31)/t10?,13?,16-,21?/m1/s1. The number of anilines is 1. The topological polar surface area (TPSA) is 174 Å². The number of hydrogen-bond donors (Lipinski definition) is 3. The molecule has 0 saturated carbocycles. The van der Waals surface area contributed by atoms with Crippen molar-refractivity contribution in [2.24, 2.45) is 10.6 Å². The Bertz CT molecular complexity index is 1080. The van der Waals surface area contributed by atoms with E-state index in [1.807, 2.05) is 0 Å². The molecule has 2 aliphatic heterocycles. The van der Waals surface area contributed by atoms with Crippen LogP contribution in [0.2, 0.25) is 0 Å². The lowest BCUT2D eigenvalue weighted by Gasteiger charge is -2.53. The average Bonchev–Trinajstić information content (AvgIpc) is 3.21. The highest BCUT2D eigenvalue weighted by atomic mass is 32.2. The van der Waals surface area contributed by atoms with E-state index >= 15 is 0 Å². The molecular weight excluding hydrogens is 498 g/mol. The van der Waals surface area contributed by atoms with E-state index in [0.29, 0.717) is 0 Å². The number of amides is 2. The van der Waals surface area contributed by atoms with Gasteiger partial charge in [0, 0.05) is 17.7 Å². The third-order valence-electron chi connectivity index (χ3n) is 5.23. The third-order valence-corrected chi connectivity index (χ3v) is 7.45. The lowest BCUT2D eigenvalue weighted by molar-refractivity contribution is -0.167. The first-order chi connectivity index (χ1) is 16.3. The van der Waals surface area contributed by atoms with E-state index in [1.54, 1.807) is 20.8 Å². The van der Waals surface area contributed by atoms with Crippen LogP contribution in [0, 0.1) is 5.41 Å². The summed E-state index contributed by atoms with van der Waals surface area (Å²) in [5.41, 5.74) is 3.54. The molecule has 2 saturated heterocycles. The van der Waals surface area contributed by atoms with Gasteiger partial charge in [-0.15, -0.1) is 29.7 Å². The second-order valence-electron chi connectivity index (χ2n) is 9.08. The number of nitrogens with two attached hydrogens (primary N) is 1. The molecule has 2 amide bonds. The quantitative estimate of drug-likeness (QED) is 0.145. The Hall–Kier alpha value is -3.13. The molecule has 2 fully saturated rings. The van der Waals surface area contributed by atoms with Gasteiger partial charge in [0.05, 0.1) is 0 Å². The highest BCUT2D eigenvalue weighted by Gasteiger charge is 2.56. The third kappa shape index (κ3) is 5.59. The molecule has 14 heteroatoms. The molecule has 2 aliphatic rings. The molecule has 35 heavy (non-hydrogen) atoms. The first-order valence-corrected chi connectivity index (χ1v) is 12.5. The van der Waals surface area contributed by atoms with Gasteiger partial charge in [-0.1, -0.05) is 11.2 Å². The van der Waals surface area contributed by atoms with Crippen LogP contribution >= 0.6 is 23.1 Å². The lowest BCUT2D eigenvalue weighted by Crippen LogP contribution is -2.73. The van der Waals surface area contributed by atoms with E-state index in [1.165, 1.54) is 35.0 Å². The van der Waals surface area contributed by atoms with Crippen molar-refractivity contribution in [2.45, 2.75) is 50.8 Å². The van der Waals surface area contributed by atoms with E-state index in [2.05, 4.69) is 22.0 Å². The summed E-state index contributed by atoms with van der Waals surface area (Å²) in [6, 6.07) is -0.895. The number of fused-ring (bicyclic) bond motifs is 1. The summed E-state index contributed by atoms with van der Waals surface area (Å²) in [6.45, 7) is 10.1. The van der Waals surface area contributed by atoms with Crippen molar-refractivity contribution in [3.8, 4) is 0 Å². The number of thiazole rings is 1. The highest BCUT2D eigenvalue weighted by Crippen LogP contribution is 2.42. The minimum atomic E-state index is -1.25. The number of β-lactam (4-membered cyclic amide) rings is 1. The van der Waals surface area contributed by atoms with Gasteiger partial charge >= 0.3 is 11.9 Å². The number of carbonyl (C=O) groups excluding carboxylic acids is 3. The molecule has 4 atom stereocenters. The van der Waals surface area contributed by atoms with Crippen LogP contribution in [0.25, 0.3) is 0 Å². The number of hydrogen-bond acceptors (Lipinski definition) is 11. The van der Waals surface area contributed by atoms with Gasteiger partial charge in [-0.05, 0) is 27.7 Å². The predicted octanol–water partition coefficient (Wildman–Crippen LogP) is 0.833. The van der Waals surface area contributed by atoms with Crippen molar-refractivity contribution >= 4 is 57.7 Å². The van der Waals surface area contributed by atoms with Gasteiger partial charge in [0.25, 0.3) is 5.91 Å². The SMILES string of the molecule is C=CC1(C(=O)O)CS[C@@H]2C(NC(=O)C(=NOC(C)C(=O)OC(C)(C)C)c3csc(N)n3)C(=O)N2C1. The Morgan fingerprint density at radius 3 is 2.69 bits per heavy atom. The second kappa shape index (κ2) is 9.85. The van der Waals surface area contributed by atoms with Crippen LogP contribution in [0.1, 0.15) is 33.4 Å². The minimum absolute atomic E-state index is 0.0330. The molecule has 1 aromatic heterocycles. The molecule has 0 spiro atoms. The molecule has 4 N–H and O–H groups in total. The van der Waals surface area contributed by atoms with Crippen LogP contribution < -0.4 is 11.1 Å². The zero-order valence-corrected chi connectivity index (χ0v) is 21.3. The van der Waals surface area contributed by atoms with Crippen LogP contribution in [-0.4, -0.2) is 79.9 Å². The second-order valence-corrected chi connectivity index (χ2v) is 11.1. The maximum absolute atomic E-state index is 13.1. The number of carboxylic acid groups (broad SMARTS) is 1. The molecule has 0 radical (unpaired) electrons. The molecule has 0 bridgehead atoms. The number of aromatic nitrogens is 1. The summed E-state index contributed by atoms with van der Waals surface area (Å²) >= 11 is 2.31. The Labute approximate surface area is 209 Å². The molecule has 3 heterocycles. The smallest absolute Gasteiger partial charge is 0.350 e. The monoisotopic (exact) mass is 525 g/mol. The fraction of sp³-hybridized carbons (Fsp3) is 0.524. The van der Waals surface area contributed by atoms with Gasteiger partial charge in [0.2, 0.25) is 12.0 Å². The minimum Gasteiger partial charge on any atom is -0.481 e. The van der Waals surface area contributed by atoms with Gasteiger partial charge in [0.1, 0.15) is 28.1 Å². The largest absolute Gasteiger partial charge is 0.481 e. The van der Waals surface area contributed by atoms with Crippen molar-refractivity contribution < 1.29 is 33.9 Å². The van der Waals surface area contributed by atoms with Crippen LogP contribution in [0.15, 0.2) is 23.2 Å². The van der Waals surface area contributed by atoms with Crippen LogP contribution in [0.5, 0.6) is 0 Å². The predicted molar refractivity (Wildman–Crippen MR) is 130 cm³/mol. The molecule has 3 rings (SSSR count). The fourth-order valence-corrected chi connectivity index (χ4v) is 5.39. The molecule has 3 unspecified atom stereocenters. The van der Waals surface area contributed by atoms with Crippen LogP contribution in [0.4, 0.5) is 5.13 Å². The van der Waals surface area contributed by atoms with E-state index in [9.17, 15) is 24.3 Å². The number of thioether (sulfide) groups is 1. The number of ether oxygens (including phenoxy) is 1. The number of rotatable bonds is 8. The van der Waals surface area contributed by atoms with Crippen molar-refractivity contribution in [3.63, 3.8) is 0 Å². The lowest BCUT2D eigenvalue weighted by atomic mass is 9.87. The fourth-order valence-electron chi connectivity index (χ4n) is 3.30. The number of oxime groups is 1. The van der Waals surface area contributed by atoms with Crippen LogP contribution in [-0.2, 0) is 28.8 Å². The van der Waals surface area contributed by atoms with E-state index in [0.717, 1.165) is 11.3 Å². The van der Waals surface area contributed by atoms with Crippen LogP contribution in [0.3, 0.4) is 0 Å². The van der Waals surface area contributed by atoms with Crippen molar-refractivity contribution in [3.05, 3.63) is 23.7 Å². The number of carboxylic acids is 1. The Kier molecular flexibility index (Phi) is 7.45. The number of nitrogen functional groups attached to an aromatic ring is 1. The summed E-state index contributed by atoms with van der Waals surface area (Å²) in [7, 11) is 0. The zero-order chi connectivity index (χ0) is 26.1. The molecule has 0 aliphatic carbocycles. The van der Waals surface area contributed by atoms with Gasteiger partial charge < -0.3 is 30.6 Å². The van der Waals surface area contributed by atoms with Crippen molar-refractivity contribution in [1.82, 2.24) is 15.2 Å². The summed E-state index contributed by atoms with van der Waals surface area (Å²) in [4.78, 5) is 60.3. The normalized spacial score (nSPS) is 25.1. The number of nitrogens with one attached hydrogen (secondary N) is 1. The Morgan fingerprint density at radius 1 is 1.46 bits per heavy atom. The molecule has 1 aromatic rings. The van der Waals surface area contributed by atoms with Gasteiger partial charge in [-0.25, -0.2) is 9.78 Å². The summed E-state index contributed by atoms with van der Waals surface area (Å²) in [6.07, 6.45) is 0.212. The summed E-state index contributed by atoms with van der Waals surface area (Å²) in [5, 5.41) is 17.2. The van der Waals surface area contributed by atoms with E-state index < -0.39 is 52.3 Å². The molecule has 190 valence electrons. The number of nitrogens with zero attached hydrogens (tertiary/aromatic N) is 3. The molecule has 0 aromatic carbocycles. The summed E-state index contributed by atoms with van der Waals surface area (Å²) < 4.78 is 5.24. The van der Waals surface area contributed by atoms with Crippen molar-refractivity contribution in [2.75, 3.05) is 18.0 Å². The van der Waals surface area contributed by atoms with Crippen molar-refractivity contribution in [1.29, 1.82) is 0 Å². The highest BCUT2D eigenvalue weighted by molar-refractivity contribution is 8.00. The first-order valence-electron chi connectivity index (χ1n) is 10.6. The van der Waals surface area contributed by atoms with E-state index in [4.69, 9.17) is 15.3 Å². The number of aliphatic carboxylic acids is 1. The zero-order valence-electron chi connectivity index (χ0n) is 19.6. The van der Waals surface area contributed by atoms with Gasteiger partial charge in [-0.3, -0.25) is 14.4 Å². The molecular formula is C21H27N5O7S2. The Balaban J connectivity index is 1.73. The number of esters is 1. The Morgan fingerprint density at radius 2 is 2.14 bits per heavy atom.